The van der Waals surface area contributed by atoms with E-state index in [-0.39, 0.29) is 0 Å². The van der Waals surface area contributed by atoms with E-state index < -0.39 is 0 Å². The van der Waals surface area contributed by atoms with Gasteiger partial charge in [-0.3, -0.25) is 4.79 Å². The van der Waals surface area contributed by atoms with E-state index in [1.165, 1.54) is 32.4 Å². The Balaban J connectivity index is 2.01. The highest BCUT2D eigenvalue weighted by Gasteiger charge is 2.12. The molecular formula is C10H20N2O. The molecule has 1 atom stereocenters. The van der Waals surface area contributed by atoms with Gasteiger partial charge < -0.3 is 10.2 Å². The van der Waals surface area contributed by atoms with Crippen molar-refractivity contribution in [3.8, 4) is 0 Å². The predicted molar refractivity (Wildman–Crippen MR) is 53.5 cm³/mol. The summed E-state index contributed by atoms with van der Waals surface area (Å²) in [6.45, 7) is 3.26. The topological polar surface area (TPSA) is 32.3 Å². The third-order valence-electron chi connectivity index (χ3n) is 2.70. The van der Waals surface area contributed by atoms with Gasteiger partial charge in [-0.05, 0) is 44.7 Å². The molecule has 0 aromatic rings. The SMILES string of the molecule is CN(C=O)CCCC1CCCNC1. The van der Waals surface area contributed by atoms with Gasteiger partial charge in [0, 0.05) is 13.6 Å². The molecule has 1 aliphatic rings. The summed E-state index contributed by atoms with van der Waals surface area (Å²) >= 11 is 0. The maximum absolute atomic E-state index is 10.3. The Morgan fingerprint density at radius 3 is 3.08 bits per heavy atom. The minimum atomic E-state index is 0.841. The lowest BCUT2D eigenvalue weighted by Gasteiger charge is -2.23. The lowest BCUT2D eigenvalue weighted by Crippen LogP contribution is -2.30. The average Bonchev–Trinajstić information content (AvgIpc) is 2.19. The van der Waals surface area contributed by atoms with Crippen LogP contribution >= 0.6 is 0 Å². The van der Waals surface area contributed by atoms with Crippen molar-refractivity contribution in [3.63, 3.8) is 0 Å². The van der Waals surface area contributed by atoms with Gasteiger partial charge >= 0.3 is 0 Å². The Hall–Kier alpha value is -0.570. The quantitative estimate of drug-likeness (QED) is 0.643. The fourth-order valence-corrected chi connectivity index (χ4v) is 1.85. The molecule has 0 aliphatic carbocycles. The molecule has 1 fully saturated rings. The molecule has 13 heavy (non-hydrogen) atoms. The number of carbonyl (C=O) groups excluding carboxylic acids is 1. The second-order valence-corrected chi connectivity index (χ2v) is 3.94. The van der Waals surface area contributed by atoms with Crippen molar-refractivity contribution in [2.75, 3.05) is 26.7 Å². The molecule has 0 aromatic heterocycles. The van der Waals surface area contributed by atoms with E-state index in [4.69, 9.17) is 0 Å². The number of amides is 1. The maximum atomic E-state index is 10.3. The van der Waals surface area contributed by atoms with E-state index in [0.717, 1.165) is 25.3 Å². The fourth-order valence-electron chi connectivity index (χ4n) is 1.85. The molecule has 1 N–H and O–H groups in total. The van der Waals surface area contributed by atoms with Crippen molar-refractivity contribution < 1.29 is 4.79 Å². The molecule has 0 aromatic carbocycles. The third kappa shape index (κ3) is 4.27. The summed E-state index contributed by atoms with van der Waals surface area (Å²) in [7, 11) is 1.84. The van der Waals surface area contributed by atoms with Crippen LogP contribution in [0, 0.1) is 5.92 Å². The van der Waals surface area contributed by atoms with E-state index in [0.29, 0.717) is 0 Å². The normalized spacial score (nSPS) is 22.7. The molecule has 0 bridgehead atoms. The zero-order chi connectivity index (χ0) is 9.52. The van der Waals surface area contributed by atoms with Crippen molar-refractivity contribution in [2.24, 2.45) is 5.92 Å². The number of piperidine rings is 1. The standard InChI is InChI=1S/C10H20N2O/c1-12(9-13)7-3-5-10-4-2-6-11-8-10/h9-11H,2-8H2,1H3. The minimum absolute atomic E-state index is 0.841. The summed E-state index contributed by atoms with van der Waals surface area (Å²) in [4.78, 5) is 12.0. The second-order valence-electron chi connectivity index (χ2n) is 3.94. The van der Waals surface area contributed by atoms with Gasteiger partial charge in [-0.2, -0.15) is 0 Å². The van der Waals surface area contributed by atoms with Gasteiger partial charge in [-0.15, -0.1) is 0 Å². The number of carbonyl (C=O) groups is 1. The molecule has 0 radical (unpaired) electrons. The van der Waals surface area contributed by atoms with Crippen LogP contribution in [0.2, 0.25) is 0 Å². The van der Waals surface area contributed by atoms with Gasteiger partial charge in [-0.1, -0.05) is 0 Å². The molecule has 1 heterocycles. The van der Waals surface area contributed by atoms with E-state index in [1.54, 1.807) is 4.90 Å². The lowest BCUT2D eigenvalue weighted by atomic mass is 9.95. The average molecular weight is 184 g/mol. The smallest absolute Gasteiger partial charge is 0.209 e. The summed E-state index contributed by atoms with van der Waals surface area (Å²) in [5.41, 5.74) is 0. The number of rotatable bonds is 5. The first kappa shape index (κ1) is 10.5. The number of nitrogens with zero attached hydrogens (tertiary/aromatic N) is 1. The van der Waals surface area contributed by atoms with Gasteiger partial charge in [-0.25, -0.2) is 0 Å². The monoisotopic (exact) mass is 184 g/mol. The van der Waals surface area contributed by atoms with Crippen LogP contribution in [0.5, 0.6) is 0 Å². The predicted octanol–water partition coefficient (Wildman–Crippen LogP) is 0.854. The number of hydrogen-bond acceptors (Lipinski definition) is 2. The molecule has 76 valence electrons. The molecule has 1 unspecified atom stereocenters. The van der Waals surface area contributed by atoms with Crippen LogP contribution in [0.4, 0.5) is 0 Å². The largest absolute Gasteiger partial charge is 0.348 e. The van der Waals surface area contributed by atoms with Gasteiger partial charge in [0.05, 0.1) is 0 Å². The van der Waals surface area contributed by atoms with Crippen molar-refractivity contribution in [1.82, 2.24) is 10.2 Å². The van der Waals surface area contributed by atoms with E-state index in [9.17, 15) is 4.79 Å². The first-order chi connectivity index (χ1) is 6.33. The molecule has 0 spiro atoms. The summed E-state index contributed by atoms with van der Waals surface area (Å²) in [6.07, 6.45) is 5.97. The lowest BCUT2D eigenvalue weighted by molar-refractivity contribution is -0.117. The minimum Gasteiger partial charge on any atom is -0.348 e. The Labute approximate surface area is 80.5 Å². The van der Waals surface area contributed by atoms with Crippen LogP contribution < -0.4 is 5.32 Å². The van der Waals surface area contributed by atoms with E-state index in [1.807, 2.05) is 7.05 Å². The van der Waals surface area contributed by atoms with Gasteiger partial charge in [0.1, 0.15) is 0 Å². The second kappa shape index (κ2) is 5.97. The molecular weight excluding hydrogens is 164 g/mol. The molecule has 0 saturated carbocycles. The zero-order valence-electron chi connectivity index (χ0n) is 8.46. The molecule has 3 heteroatoms. The summed E-state index contributed by atoms with van der Waals surface area (Å²) in [5.74, 6) is 0.841. The third-order valence-corrected chi connectivity index (χ3v) is 2.70. The van der Waals surface area contributed by atoms with Gasteiger partial charge in [0.2, 0.25) is 6.41 Å². The van der Waals surface area contributed by atoms with E-state index in [2.05, 4.69) is 5.32 Å². The fraction of sp³-hybridized carbons (Fsp3) is 0.900. The Morgan fingerprint density at radius 1 is 1.62 bits per heavy atom. The van der Waals surface area contributed by atoms with Crippen molar-refractivity contribution in [3.05, 3.63) is 0 Å². The first-order valence-electron chi connectivity index (χ1n) is 5.19. The van der Waals surface area contributed by atoms with Crippen molar-refractivity contribution in [1.29, 1.82) is 0 Å². The van der Waals surface area contributed by atoms with Crippen LogP contribution in [0.1, 0.15) is 25.7 Å². The molecule has 1 saturated heterocycles. The van der Waals surface area contributed by atoms with Crippen LogP contribution in [-0.2, 0) is 4.79 Å². The van der Waals surface area contributed by atoms with Gasteiger partial charge in [0.25, 0.3) is 0 Å². The van der Waals surface area contributed by atoms with E-state index >= 15 is 0 Å². The van der Waals surface area contributed by atoms with Crippen molar-refractivity contribution in [2.45, 2.75) is 25.7 Å². The van der Waals surface area contributed by atoms with Crippen LogP contribution in [0.15, 0.2) is 0 Å². The van der Waals surface area contributed by atoms with Crippen molar-refractivity contribution >= 4 is 6.41 Å². The number of hydrogen-bond donors (Lipinski definition) is 1. The Kier molecular flexibility index (Phi) is 4.83. The highest BCUT2D eigenvalue weighted by Crippen LogP contribution is 2.15. The highest BCUT2D eigenvalue weighted by molar-refractivity contribution is 5.46. The molecule has 3 nitrogen and oxygen atoms in total. The maximum Gasteiger partial charge on any atom is 0.209 e. The Bertz CT molecular complexity index is 144. The number of nitrogens with one attached hydrogen (secondary N) is 1. The summed E-state index contributed by atoms with van der Waals surface area (Å²) in [6, 6.07) is 0. The van der Waals surface area contributed by atoms with Crippen LogP contribution in [-0.4, -0.2) is 38.0 Å². The summed E-state index contributed by atoms with van der Waals surface area (Å²) < 4.78 is 0. The van der Waals surface area contributed by atoms with Crippen LogP contribution in [0.25, 0.3) is 0 Å². The summed E-state index contributed by atoms with van der Waals surface area (Å²) in [5, 5.41) is 3.40. The van der Waals surface area contributed by atoms with Crippen LogP contribution in [0.3, 0.4) is 0 Å². The molecule has 1 amide bonds. The Morgan fingerprint density at radius 2 is 2.46 bits per heavy atom. The highest BCUT2D eigenvalue weighted by atomic mass is 16.1. The molecule has 1 aliphatic heterocycles. The zero-order valence-corrected chi connectivity index (χ0v) is 8.46. The molecule has 1 rings (SSSR count). The first-order valence-corrected chi connectivity index (χ1v) is 5.19. The van der Waals surface area contributed by atoms with Gasteiger partial charge in [0.15, 0.2) is 0 Å².